The number of hydrogen-bond acceptors (Lipinski definition) is 3. The van der Waals surface area contributed by atoms with E-state index in [1.165, 1.54) is 6.07 Å². The van der Waals surface area contributed by atoms with Crippen LogP contribution in [0.3, 0.4) is 0 Å². The number of carboxylic acid groups (broad SMARTS) is 1. The van der Waals surface area contributed by atoms with Crippen LogP contribution in [0.5, 0.6) is 0 Å². The lowest BCUT2D eigenvalue weighted by atomic mass is 9.98. The zero-order valence-electron chi connectivity index (χ0n) is 8.39. The monoisotopic (exact) mass is 226 g/mol. The maximum Gasteiger partial charge on any atom is 0.337 e. The van der Waals surface area contributed by atoms with Crippen LogP contribution in [0.2, 0.25) is 0 Å². The molecule has 0 saturated heterocycles. The van der Waals surface area contributed by atoms with Gasteiger partial charge >= 0.3 is 5.97 Å². The molecule has 0 aliphatic heterocycles. The van der Waals surface area contributed by atoms with Gasteiger partial charge in [0.1, 0.15) is 12.1 Å². The van der Waals surface area contributed by atoms with Crippen LogP contribution in [-0.2, 0) is 16.0 Å². The number of hydrogen-bond donors (Lipinski definition) is 2. The highest BCUT2D eigenvalue weighted by Crippen LogP contribution is 2.21. The normalized spacial score (nSPS) is 12.1. The van der Waals surface area contributed by atoms with E-state index in [4.69, 9.17) is 5.11 Å². The van der Waals surface area contributed by atoms with Crippen LogP contribution >= 0.6 is 0 Å². The summed E-state index contributed by atoms with van der Waals surface area (Å²) in [5.74, 6) is -2.07. The summed E-state index contributed by atoms with van der Waals surface area (Å²) in [4.78, 5) is 20.8. The number of carbonyl (C=O) groups excluding carboxylic acids is 1. The Hall–Kier alpha value is -1.75. The van der Waals surface area contributed by atoms with Crippen molar-refractivity contribution in [2.75, 3.05) is 0 Å². The zero-order chi connectivity index (χ0) is 12.1. The van der Waals surface area contributed by atoms with Crippen molar-refractivity contribution in [3.63, 3.8) is 0 Å². The SMILES string of the molecule is O=CCCc1ccc(F)cc1C(O)C(=O)O. The highest BCUT2D eigenvalue weighted by Gasteiger charge is 2.19. The largest absolute Gasteiger partial charge is 0.479 e. The maximum atomic E-state index is 12.9. The molecular formula is C11H11FO4. The van der Waals surface area contributed by atoms with E-state index in [9.17, 15) is 19.1 Å². The molecule has 1 rings (SSSR count). The number of aliphatic carboxylic acids is 1. The van der Waals surface area contributed by atoms with Crippen molar-refractivity contribution in [1.29, 1.82) is 0 Å². The molecule has 1 unspecified atom stereocenters. The van der Waals surface area contributed by atoms with Gasteiger partial charge in [0.15, 0.2) is 6.10 Å². The summed E-state index contributed by atoms with van der Waals surface area (Å²) in [6.45, 7) is 0. The first-order valence-electron chi connectivity index (χ1n) is 4.69. The minimum atomic E-state index is -1.77. The molecule has 0 saturated carbocycles. The van der Waals surface area contributed by atoms with E-state index in [-0.39, 0.29) is 18.4 Å². The van der Waals surface area contributed by atoms with Crippen LogP contribution in [0.1, 0.15) is 23.7 Å². The van der Waals surface area contributed by atoms with Crippen molar-refractivity contribution in [2.45, 2.75) is 18.9 Å². The smallest absolute Gasteiger partial charge is 0.337 e. The van der Waals surface area contributed by atoms with Crippen LogP contribution < -0.4 is 0 Å². The fourth-order valence-corrected chi connectivity index (χ4v) is 1.40. The predicted molar refractivity (Wildman–Crippen MR) is 53.4 cm³/mol. The predicted octanol–water partition coefficient (Wildman–Crippen LogP) is 1.08. The topological polar surface area (TPSA) is 74.6 Å². The summed E-state index contributed by atoms with van der Waals surface area (Å²) < 4.78 is 12.9. The van der Waals surface area contributed by atoms with Gasteiger partial charge in [-0.3, -0.25) is 0 Å². The lowest BCUT2D eigenvalue weighted by Crippen LogP contribution is -2.13. The van der Waals surface area contributed by atoms with Gasteiger partial charge in [0.2, 0.25) is 0 Å². The number of carbonyl (C=O) groups is 2. The molecule has 0 amide bonds. The molecule has 86 valence electrons. The minimum absolute atomic E-state index is 0.00523. The summed E-state index contributed by atoms with van der Waals surface area (Å²) in [5.41, 5.74) is 0.456. The van der Waals surface area contributed by atoms with E-state index in [1.807, 2.05) is 0 Å². The average molecular weight is 226 g/mol. The summed E-state index contributed by atoms with van der Waals surface area (Å²) in [6, 6.07) is 3.51. The van der Waals surface area contributed by atoms with Gasteiger partial charge in [-0.1, -0.05) is 6.07 Å². The minimum Gasteiger partial charge on any atom is -0.479 e. The number of benzene rings is 1. The van der Waals surface area contributed by atoms with Gasteiger partial charge in [-0.2, -0.15) is 0 Å². The van der Waals surface area contributed by atoms with Crippen LogP contribution in [0.25, 0.3) is 0 Å². The third-order valence-electron chi connectivity index (χ3n) is 2.17. The van der Waals surface area contributed by atoms with E-state index in [2.05, 4.69) is 0 Å². The van der Waals surface area contributed by atoms with E-state index >= 15 is 0 Å². The molecule has 0 radical (unpaired) electrons. The van der Waals surface area contributed by atoms with E-state index in [0.29, 0.717) is 11.8 Å². The molecule has 1 aromatic rings. The molecule has 5 heteroatoms. The maximum absolute atomic E-state index is 12.9. The number of halogens is 1. The molecule has 0 fully saturated rings. The Morgan fingerprint density at radius 3 is 2.75 bits per heavy atom. The Labute approximate surface area is 91.3 Å². The van der Waals surface area contributed by atoms with Gasteiger partial charge in [-0.15, -0.1) is 0 Å². The van der Waals surface area contributed by atoms with Crippen molar-refractivity contribution in [3.8, 4) is 0 Å². The molecule has 1 aromatic carbocycles. The number of aliphatic hydroxyl groups is 1. The van der Waals surface area contributed by atoms with Crippen LogP contribution in [0.15, 0.2) is 18.2 Å². The zero-order valence-corrected chi connectivity index (χ0v) is 8.39. The molecule has 0 spiro atoms. The molecule has 0 aromatic heterocycles. The first kappa shape index (κ1) is 12.3. The molecule has 16 heavy (non-hydrogen) atoms. The molecule has 0 aliphatic carbocycles. The third kappa shape index (κ3) is 2.87. The number of aliphatic hydroxyl groups excluding tert-OH is 1. The van der Waals surface area contributed by atoms with Gasteiger partial charge in [-0.05, 0) is 29.7 Å². The Kier molecular flexibility index (Phi) is 4.13. The summed E-state index contributed by atoms with van der Waals surface area (Å²) in [5, 5.41) is 18.0. The summed E-state index contributed by atoms with van der Waals surface area (Å²) in [6.07, 6.45) is -0.605. The molecule has 1 atom stereocenters. The van der Waals surface area contributed by atoms with Gasteiger partial charge < -0.3 is 15.0 Å². The molecule has 0 bridgehead atoms. The fourth-order valence-electron chi connectivity index (χ4n) is 1.40. The second-order valence-corrected chi connectivity index (χ2v) is 3.29. The van der Waals surface area contributed by atoms with Gasteiger partial charge in [-0.25, -0.2) is 9.18 Å². The van der Waals surface area contributed by atoms with Crippen molar-refractivity contribution in [1.82, 2.24) is 0 Å². The molecular weight excluding hydrogens is 215 g/mol. The number of carboxylic acids is 1. The highest BCUT2D eigenvalue weighted by atomic mass is 19.1. The van der Waals surface area contributed by atoms with Gasteiger partial charge in [0, 0.05) is 6.42 Å². The van der Waals surface area contributed by atoms with Crippen molar-refractivity contribution >= 4 is 12.3 Å². The van der Waals surface area contributed by atoms with Crippen LogP contribution in [0, 0.1) is 5.82 Å². The summed E-state index contributed by atoms with van der Waals surface area (Å²) >= 11 is 0. The first-order valence-corrected chi connectivity index (χ1v) is 4.69. The number of aryl methyl sites for hydroxylation is 1. The van der Waals surface area contributed by atoms with Gasteiger partial charge in [0.05, 0.1) is 0 Å². The molecule has 2 N–H and O–H groups in total. The average Bonchev–Trinajstić information content (AvgIpc) is 2.26. The summed E-state index contributed by atoms with van der Waals surface area (Å²) in [7, 11) is 0. The Morgan fingerprint density at radius 1 is 1.50 bits per heavy atom. The standard InChI is InChI=1S/C11H11FO4/c12-8-4-3-7(2-1-5-13)9(6-8)10(14)11(15)16/h3-6,10,14H,1-2H2,(H,15,16). The number of aldehydes is 1. The van der Waals surface area contributed by atoms with Crippen molar-refractivity contribution in [3.05, 3.63) is 35.1 Å². The molecule has 0 aliphatic rings. The van der Waals surface area contributed by atoms with Crippen molar-refractivity contribution in [2.24, 2.45) is 0 Å². The Morgan fingerprint density at radius 2 is 2.19 bits per heavy atom. The first-order chi connectivity index (χ1) is 7.56. The van der Waals surface area contributed by atoms with Gasteiger partial charge in [0.25, 0.3) is 0 Å². The lowest BCUT2D eigenvalue weighted by Gasteiger charge is -2.11. The second-order valence-electron chi connectivity index (χ2n) is 3.29. The second kappa shape index (κ2) is 5.37. The number of rotatable bonds is 5. The molecule has 4 nitrogen and oxygen atoms in total. The van der Waals surface area contributed by atoms with Crippen molar-refractivity contribution < 1.29 is 24.2 Å². The Balaban J connectivity index is 3.06. The fraction of sp³-hybridized carbons (Fsp3) is 0.273. The van der Waals surface area contributed by atoms with E-state index < -0.39 is 17.9 Å². The Bertz CT molecular complexity index is 403. The highest BCUT2D eigenvalue weighted by molar-refractivity contribution is 5.74. The molecule has 0 heterocycles. The van der Waals surface area contributed by atoms with Crippen LogP contribution in [-0.4, -0.2) is 22.5 Å². The van der Waals surface area contributed by atoms with E-state index in [1.54, 1.807) is 0 Å². The van der Waals surface area contributed by atoms with E-state index in [0.717, 1.165) is 12.1 Å². The third-order valence-corrected chi connectivity index (χ3v) is 2.17. The van der Waals surface area contributed by atoms with Crippen LogP contribution in [0.4, 0.5) is 4.39 Å². The lowest BCUT2D eigenvalue weighted by molar-refractivity contribution is -0.147. The quantitative estimate of drug-likeness (QED) is 0.736.